The van der Waals surface area contributed by atoms with Crippen molar-refractivity contribution in [1.29, 1.82) is 0 Å². The molecule has 1 saturated carbocycles. The van der Waals surface area contributed by atoms with E-state index in [0.29, 0.717) is 29.5 Å². The Labute approximate surface area is 160 Å². The van der Waals surface area contributed by atoms with Crippen molar-refractivity contribution in [2.75, 3.05) is 11.3 Å². The number of hydrogen-bond acceptors (Lipinski definition) is 4. The Kier molecular flexibility index (Phi) is 5.70. The normalized spacial score (nSPS) is 15.0. The molecule has 1 aliphatic rings. The van der Waals surface area contributed by atoms with E-state index < -0.39 is 10.0 Å². The van der Waals surface area contributed by atoms with Crippen LogP contribution in [0.15, 0.2) is 53.4 Å². The molecule has 2 N–H and O–H groups in total. The first kappa shape index (κ1) is 19.2. The third-order valence-corrected chi connectivity index (χ3v) is 5.91. The van der Waals surface area contributed by atoms with E-state index in [4.69, 9.17) is 4.74 Å². The minimum absolute atomic E-state index is 0.127. The van der Waals surface area contributed by atoms with Crippen LogP contribution in [0.3, 0.4) is 0 Å². The topological polar surface area (TPSA) is 84.5 Å². The molecule has 144 valence electrons. The summed E-state index contributed by atoms with van der Waals surface area (Å²) in [6, 6.07) is 12.8. The number of benzene rings is 2. The highest BCUT2D eigenvalue weighted by atomic mass is 32.2. The minimum Gasteiger partial charge on any atom is -0.494 e. The second kappa shape index (κ2) is 8.00. The summed E-state index contributed by atoms with van der Waals surface area (Å²) < 4.78 is 33.0. The van der Waals surface area contributed by atoms with Gasteiger partial charge < -0.3 is 10.1 Å². The van der Waals surface area contributed by atoms with Gasteiger partial charge in [-0.25, -0.2) is 8.42 Å². The highest BCUT2D eigenvalue weighted by Crippen LogP contribution is 2.32. The van der Waals surface area contributed by atoms with Crippen molar-refractivity contribution in [3.8, 4) is 5.75 Å². The highest BCUT2D eigenvalue weighted by molar-refractivity contribution is 7.92. The summed E-state index contributed by atoms with van der Waals surface area (Å²) >= 11 is 0. The van der Waals surface area contributed by atoms with Crippen LogP contribution in [-0.2, 0) is 10.0 Å². The molecule has 3 rings (SSSR count). The number of sulfonamides is 1. The van der Waals surface area contributed by atoms with Gasteiger partial charge in [0.2, 0.25) is 0 Å². The van der Waals surface area contributed by atoms with Gasteiger partial charge >= 0.3 is 0 Å². The van der Waals surface area contributed by atoms with E-state index in [2.05, 4.69) is 10.0 Å². The number of hydrogen-bond donors (Lipinski definition) is 2. The molecular weight excluding hydrogens is 364 g/mol. The Morgan fingerprint density at radius 2 is 1.89 bits per heavy atom. The van der Waals surface area contributed by atoms with Gasteiger partial charge in [0, 0.05) is 17.3 Å². The van der Waals surface area contributed by atoms with Crippen molar-refractivity contribution in [2.24, 2.45) is 5.92 Å². The number of carbonyl (C=O) groups excluding carboxylic acids is 1. The van der Waals surface area contributed by atoms with Crippen LogP contribution < -0.4 is 14.8 Å². The second-order valence-electron chi connectivity index (χ2n) is 6.69. The van der Waals surface area contributed by atoms with Crippen LogP contribution in [0, 0.1) is 5.92 Å². The molecule has 0 saturated heterocycles. The van der Waals surface area contributed by atoms with E-state index in [1.165, 1.54) is 12.1 Å². The fraction of sp³-hybridized carbons (Fsp3) is 0.350. The van der Waals surface area contributed by atoms with Gasteiger partial charge in [0.05, 0.1) is 11.5 Å². The van der Waals surface area contributed by atoms with E-state index >= 15 is 0 Å². The fourth-order valence-electron chi connectivity index (χ4n) is 2.82. The molecular formula is C20H24N2O4S. The quantitative estimate of drug-likeness (QED) is 0.726. The van der Waals surface area contributed by atoms with Crippen LogP contribution in [0.2, 0.25) is 0 Å². The molecule has 2 aromatic rings. The molecule has 27 heavy (non-hydrogen) atoms. The van der Waals surface area contributed by atoms with Gasteiger partial charge in [0.1, 0.15) is 5.75 Å². The lowest BCUT2D eigenvalue weighted by Gasteiger charge is -2.14. The number of carbonyl (C=O) groups is 1. The first-order valence-corrected chi connectivity index (χ1v) is 10.5. The molecule has 6 nitrogen and oxygen atoms in total. The van der Waals surface area contributed by atoms with Gasteiger partial charge in [-0.1, -0.05) is 6.07 Å². The summed E-state index contributed by atoms with van der Waals surface area (Å²) in [5, 5.41) is 2.97. The summed E-state index contributed by atoms with van der Waals surface area (Å²) in [7, 11) is -3.75. The standard InChI is InChI=1S/C20H24N2O4S/c1-3-26-18-9-11-19(12-10-18)27(24,25)22-17-6-4-5-16(13-17)20(23)21-14(2)15-7-8-15/h4-6,9-15,22H,3,7-8H2,1-2H3,(H,21,23)/t14-/m0/s1. The van der Waals surface area contributed by atoms with Crippen LogP contribution in [-0.4, -0.2) is 27.0 Å². The van der Waals surface area contributed by atoms with Gasteiger partial charge in [-0.05, 0) is 75.1 Å². The molecule has 7 heteroatoms. The molecule has 0 radical (unpaired) electrons. The summed E-state index contributed by atoms with van der Waals surface area (Å²) in [4.78, 5) is 12.5. The molecule has 0 unspecified atom stereocenters. The maximum Gasteiger partial charge on any atom is 0.261 e. The average Bonchev–Trinajstić information content (AvgIpc) is 3.47. The van der Waals surface area contributed by atoms with E-state index in [9.17, 15) is 13.2 Å². The number of amides is 1. The Hall–Kier alpha value is -2.54. The molecule has 0 bridgehead atoms. The van der Waals surface area contributed by atoms with Crippen molar-refractivity contribution < 1.29 is 17.9 Å². The van der Waals surface area contributed by atoms with Crippen LogP contribution in [0.1, 0.15) is 37.0 Å². The molecule has 1 atom stereocenters. The lowest BCUT2D eigenvalue weighted by Crippen LogP contribution is -2.34. The summed E-state index contributed by atoms with van der Waals surface area (Å²) in [5.41, 5.74) is 0.769. The molecule has 0 spiro atoms. The molecule has 0 aliphatic heterocycles. The largest absolute Gasteiger partial charge is 0.494 e. The van der Waals surface area contributed by atoms with Gasteiger partial charge in [-0.2, -0.15) is 0 Å². The van der Waals surface area contributed by atoms with E-state index in [-0.39, 0.29) is 16.8 Å². The zero-order valence-corrected chi connectivity index (χ0v) is 16.3. The highest BCUT2D eigenvalue weighted by Gasteiger charge is 2.29. The fourth-order valence-corrected chi connectivity index (χ4v) is 3.87. The molecule has 0 aromatic heterocycles. The SMILES string of the molecule is CCOc1ccc(S(=O)(=O)Nc2cccc(C(=O)N[C@@H](C)C3CC3)c2)cc1. The lowest BCUT2D eigenvalue weighted by atomic mass is 10.1. The van der Waals surface area contributed by atoms with Crippen LogP contribution in [0.4, 0.5) is 5.69 Å². The number of rotatable bonds is 8. The third kappa shape index (κ3) is 5.01. The Bertz CT molecular complexity index is 906. The lowest BCUT2D eigenvalue weighted by molar-refractivity contribution is 0.0936. The second-order valence-corrected chi connectivity index (χ2v) is 8.37. The van der Waals surface area contributed by atoms with Gasteiger partial charge in [-0.15, -0.1) is 0 Å². The predicted octanol–water partition coefficient (Wildman–Crippen LogP) is 3.41. The maximum absolute atomic E-state index is 12.6. The molecule has 0 heterocycles. The number of ether oxygens (including phenoxy) is 1. The maximum atomic E-state index is 12.6. The van der Waals surface area contributed by atoms with E-state index in [0.717, 1.165) is 12.8 Å². The van der Waals surface area contributed by atoms with Crippen molar-refractivity contribution in [3.05, 3.63) is 54.1 Å². The van der Waals surface area contributed by atoms with Gasteiger partial charge in [0.25, 0.3) is 15.9 Å². The molecule has 1 aliphatic carbocycles. The smallest absolute Gasteiger partial charge is 0.261 e. The third-order valence-electron chi connectivity index (χ3n) is 4.51. The average molecular weight is 388 g/mol. The first-order chi connectivity index (χ1) is 12.9. The van der Waals surface area contributed by atoms with Crippen LogP contribution in [0.25, 0.3) is 0 Å². The number of nitrogens with one attached hydrogen (secondary N) is 2. The molecule has 1 amide bonds. The first-order valence-electron chi connectivity index (χ1n) is 9.05. The van der Waals surface area contributed by atoms with Crippen molar-refractivity contribution in [3.63, 3.8) is 0 Å². The molecule has 2 aromatic carbocycles. The summed E-state index contributed by atoms with van der Waals surface area (Å²) in [5.74, 6) is 0.965. The van der Waals surface area contributed by atoms with Gasteiger partial charge in [0.15, 0.2) is 0 Å². The zero-order valence-electron chi connectivity index (χ0n) is 15.4. The van der Waals surface area contributed by atoms with E-state index in [1.807, 2.05) is 13.8 Å². The van der Waals surface area contributed by atoms with Gasteiger partial charge in [-0.3, -0.25) is 9.52 Å². The Morgan fingerprint density at radius 1 is 1.19 bits per heavy atom. The minimum atomic E-state index is -3.75. The summed E-state index contributed by atoms with van der Waals surface area (Å²) in [6.07, 6.45) is 2.28. The molecule has 1 fully saturated rings. The van der Waals surface area contributed by atoms with E-state index in [1.54, 1.807) is 36.4 Å². The van der Waals surface area contributed by atoms with Crippen LogP contribution in [0.5, 0.6) is 5.75 Å². The number of anilines is 1. The van der Waals surface area contributed by atoms with Crippen molar-refractivity contribution >= 4 is 21.6 Å². The monoisotopic (exact) mass is 388 g/mol. The van der Waals surface area contributed by atoms with Crippen LogP contribution >= 0.6 is 0 Å². The summed E-state index contributed by atoms with van der Waals surface area (Å²) in [6.45, 7) is 4.37. The Morgan fingerprint density at radius 3 is 2.52 bits per heavy atom. The van der Waals surface area contributed by atoms with Crippen molar-refractivity contribution in [1.82, 2.24) is 5.32 Å². The zero-order chi connectivity index (χ0) is 19.4. The predicted molar refractivity (Wildman–Crippen MR) is 105 cm³/mol. The Balaban J connectivity index is 1.71. The van der Waals surface area contributed by atoms with Crippen molar-refractivity contribution in [2.45, 2.75) is 37.6 Å².